The molecule has 1 unspecified atom stereocenters. The van der Waals surface area contributed by atoms with Gasteiger partial charge in [0.05, 0.1) is 6.10 Å². The van der Waals surface area contributed by atoms with E-state index in [2.05, 4.69) is 42.6 Å². The predicted molar refractivity (Wildman–Crippen MR) is 75.8 cm³/mol. The monoisotopic (exact) mass is 247 g/mol. The van der Waals surface area contributed by atoms with Crippen molar-refractivity contribution in [3.63, 3.8) is 0 Å². The zero-order chi connectivity index (χ0) is 12.6. The van der Waals surface area contributed by atoms with E-state index in [1.807, 2.05) is 0 Å². The second-order valence-electron chi connectivity index (χ2n) is 5.17. The van der Waals surface area contributed by atoms with Crippen LogP contribution in [0.15, 0.2) is 30.3 Å². The molecule has 1 fully saturated rings. The summed E-state index contributed by atoms with van der Waals surface area (Å²) < 4.78 is 5.93. The molecule has 0 radical (unpaired) electrons. The Morgan fingerprint density at radius 3 is 2.72 bits per heavy atom. The van der Waals surface area contributed by atoms with Crippen LogP contribution in [0.25, 0.3) is 0 Å². The lowest BCUT2D eigenvalue weighted by molar-refractivity contribution is 0.0491. The summed E-state index contributed by atoms with van der Waals surface area (Å²) in [6.45, 7) is 4.10. The van der Waals surface area contributed by atoms with Crippen molar-refractivity contribution in [3.8, 4) is 0 Å². The summed E-state index contributed by atoms with van der Waals surface area (Å²) in [7, 11) is 0. The quantitative estimate of drug-likeness (QED) is 0.677. The summed E-state index contributed by atoms with van der Waals surface area (Å²) in [6, 6.07) is 11.4. The van der Waals surface area contributed by atoms with Gasteiger partial charge in [0.15, 0.2) is 0 Å². The average Bonchev–Trinajstić information content (AvgIpc) is 3.23. The Labute approximate surface area is 111 Å². The van der Waals surface area contributed by atoms with Crippen LogP contribution in [0.3, 0.4) is 0 Å². The maximum atomic E-state index is 5.93. The first-order valence-electron chi connectivity index (χ1n) is 7.27. The van der Waals surface area contributed by atoms with Crippen LogP contribution in [0, 0.1) is 0 Å². The molecular weight excluding hydrogens is 222 g/mol. The SMILES string of the molecule is CCC(CNC1CC1)OCCCc1ccccc1. The highest BCUT2D eigenvalue weighted by Gasteiger charge is 2.21. The zero-order valence-corrected chi connectivity index (χ0v) is 11.4. The second kappa shape index (κ2) is 7.55. The van der Waals surface area contributed by atoms with Gasteiger partial charge >= 0.3 is 0 Å². The number of hydrogen-bond donors (Lipinski definition) is 1. The van der Waals surface area contributed by atoms with Crippen molar-refractivity contribution < 1.29 is 4.74 Å². The molecule has 2 heteroatoms. The van der Waals surface area contributed by atoms with Gasteiger partial charge in [-0.25, -0.2) is 0 Å². The minimum atomic E-state index is 0.390. The van der Waals surface area contributed by atoms with Gasteiger partial charge in [-0.1, -0.05) is 37.3 Å². The summed E-state index contributed by atoms with van der Waals surface area (Å²) >= 11 is 0. The first kappa shape index (κ1) is 13.6. The number of ether oxygens (including phenoxy) is 1. The van der Waals surface area contributed by atoms with Gasteiger partial charge in [0.25, 0.3) is 0 Å². The van der Waals surface area contributed by atoms with Crippen molar-refractivity contribution in [2.45, 2.75) is 51.2 Å². The van der Waals surface area contributed by atoms with Gasteiger partial charge in [-0.15, -0.1) is 0 Å². The Morgan fingerprint density at radius 2 is 2.06 bits per heavy atom. The molecule has 1 aromatic carbocycles. The fourth-order valence-corrected chi connectivity index (χ4v) is 2.08. The van der Waals surface area contributed by atoms with Crippen molar-refractivity contribution in [1.29, 1.82) is 0 Å². The topological polar surface area (TPSA) is 21.3 Å². The molecular formula is C16H25NO. The molecule has 2 nitrogen and oxygen atoms in total. The van der Waals surface area contributed by atoms with Crippen LogP contribution in [0.2, 0.25) is 0 Å². The van der Waals surface area contributed by atoms with E-state index in [1.54, 1.807) is 0 Å². The Morgan fingerprint density at radius 1 is 1.28 bits per heavy atom. The van der Waals surface area contributed by atoms with Crippen molar-refractivity contribution in [1.82, 2.24) is 5.32 Å². The van der Waals surface area contributed by atoms with Crippen molar-refractivity contribution in [2.75, 3.05) is 13.2 Å². The normalized spacial score (nSPS) is 16.7. The summed E-state index contributed by atoms with van der Waals surface area (Å²) in [5.74, 6) is 0. The molecule has 0 amide bonds. The van der Waals surface area contributed by atoms with Crippen LogP contribution in [-0.2, 0) is 11.2 Å². The third-order valence-corrected chi connectivity index (χ3v) is 3.47. The number of hydrogen-bond acceptors (Lipinski definition) is 2. The highest BCUT2D eigenvalue weighted by molar-refractivity contribution is 5.14. The number of benzene rings is 1. The highest BCUT2D eigenvalue weighted by Crippen LogP contribution is 2.18. The van der Waals surface area contributed by atoms with Crippen LogP contribution in [0.4, 0.5) is 0 Å². The van der Waals surface area contributed by atoms with Crippen LogP contribution >= 0.6 is 0 Å². The second-order valence-corrected chi connectivity index (χ2v) is 5.17. The van der Waals surface area contributed by atoms with Crippen LogP contribution in [0.1, 0.15) is 38.2 Å². The summed E-state index contributed by atoms with van der Waals surface area (Å²) in [4.78, 5) is 0. The third kappa shape index (κ3) is 5.19. The molecule has 100 valence electrons. The molecule has 0 aliphatic heterocycles. The van der Waals surface area contributed by atoms with Gasteiger partial charge in [-0.2, -0.15) is 0 Å². The van der Waals surface area contributed by atoms with Gasteiger partial charge in [0.1, 0.15) is 0 Å². The van der Waals surface area contributed by atoms with Crippen LogP contribution in [-0.4, -0.2) is 25.3 Å². The number of rotatable bonds is 9. The lowest BCUT2D eigenvalue weighted by atomic mass is 10.1. The van der Waals surface area contributed by atoms with Crippen molar-refractivity contribution >= 4 is 0 Å². The Hall–Kier alpha value is -0.860. The van der Waals surface area contributed by atoms with Gasteiger partial charge in [0, 0.05) is 19.2 Å². The van der Waals surface area contributed by atoms with Gasteiger partial charge in [-0.3, -0.25) is 0 Å². The minimum Gasteiger partial charge on any atom is -0.377 e. The molecule has 1 aliphatic rings. The maximum Gasteiger partial charge on any atom is 0.0696 e. The largest absolute Gasteiger partial charge is 0.377 e. The predicted octanol–water partition coefficient (Wildman–Crippen LogP) is 3.17. The van der Waals surface area contributed by atoms with Crippen LogP contribution in [0.5, 0.6) is 0 Å². The molecule has 1 atom stereocenters. The maximum absolute atomic E-state index is 5.93. The zero-order valence-electron chi connectivity index (χ0n) is 11.4. The highest BCUT2D eigenvalue weighted by atomic mass is 16.5. The van der Waals surface area contributed by atoms with E-state index in [-0.39, 0.29) is 0 Å². The molecule has 1 aliphatic carbocycles. The average molecular weight is 247 g/mol. The van der Waals surface area contributed by atoms with Crippen molar-refractivity contribution in [3.05, 3.63) is 35.9 Å². The first-order valence-corrected chi connectivity index (χ1v) is 7.27. The summed E-state index contributed by atoms with van der Waals surface area (Å²) in [6.07, 6.45) is 6.43. The molecule has 0 saturated heterocycles. The van der Waals surface area contributed by atoms with Crippen LogP contribution < -0.4 is 5.32 Å². The Bertz CT molecular complexity index is 321. The van der Waals surface area contributed by atoms with E-state index >= 15 is 0 Å². The summed E-state index contributed by atoms with van der Waals surface area (Å²) in [5.41, 5.74) is 1.41. The number of nitrogens with one attached hydrogen (secondary N) is 1. The molecule has 18 heavy (non-hydrogen) atoms. The van der Waals surface area contributed by atoms with Gasteiger partial charge in [-0.05, 0) is 37.7 Å². The smallest absolute Gasteiger partial charge is 0.0696 e. The van der Waals surface area contributed by atoms with E-state index in [0.717, 1.165) is 38.5 Å². The fraction of sp³-hybridized carbons (Fsp3) is 0.625. The lowest BCUT2D eigenvalue weighted by Crippen LogP contribution is -2.30. The molecule has 0 spiro atoms. The van der Waals surface area contributed by atoms with Gasteiger partial charge in [0.2, 0.25) is 0 Å². The van der Waals surface area contributed by atoms with E-state index in [4.69, 9.17) is 4.74 Å². The lowest BCUT2D eigenvalue weighted by Gasteiger charge is -2.16. The van der Waals surface area contributed by atoms with E-state index < -0.39 is 0 Å². The van der Waals surface area contributed by atoms with E-state index in [1.165, 1.54) is 18.4 Å². The summed E-state index contributed by atoms with van der Waals surface area (Å²) in [5, 5.41) is 3.54. The third-order valence-electron chi connectivity index (χ3n) is 3.47. The van der Waals surface area contributed by atoms with Gasteiger partial charge < -0.3 is 10.1 Å². The van der Waals surface area contributed by atoms with E-state index in [9.17, 15) is 0 Å². The molecule has 1 N–H and O–H groups in total. The standard InChI is InChI=1S/C16H25NO/c1-2-16(13-17-15-10-11-15)18-12-6-9-14-7-4-3-5-8-14/h3-5,7-8,15-17H,2,6,9-13H2,1H3. The fourth-order valence-electron chi connectivity index (χ4n) is 2.08. The Kier molecular flexibility index (Phi) is 5.69. The Balaban J connectivity index is 1.55. The molecule has 1 aromatic rings. The first-order chi connectivity index (χ1) is 8.88. The molecule has 0 aromatic heterocycles. The number of aryl methyl sites for hydroxylation is 1. The molecule has 0 heterocycles. The van der Waals surface area contributed by atoms with Crippen molar-refractivity contribution in [2.24, 2.45) is 0 Å². The molecule has 1 saturated carbocycles. The van der Waals surface area contributed by atoms with E-state index in [0.29, 0.717) is 6.10 Å². The minimum absolute atomic E-state index is 0.390. The molecule has 2 rings (SSSR count). The molecule has 0 bridgehead atoms.